The third-order valence-corrected chi connectivity index (χ3v) is 6.55. The third-order valence-electron chi connectivity index (χ3n) is 6.55. The lowest BCUT2D eigenvalue weighted by atomic mass is 9.82. The first-order valence-corrected chi connectivity index (χ1v) is 10.3. The average Bonchev–Trinajstić information content (AvgIpc) is 3.24. The molecule has 1 aliphatic carbocycles. The summed E-state index contributed by atoms with van der Waals surface area (Å²) < 4.78 is 2.13. The standard InChI is InChI=1S/C24H26N4O/c1-4-11-28-15(2)26-22-20(28)12-19(23(29)25-3)18-9-10-24(27-21(18)22)13-16-7-5-6-8-17(16)14-24/h4-8,12,27H,1,9-11,13-14H2,2-3H3,(H,25,29). The summed E-state index contributed by atoms with van der Waals surface area (Å²) >= 11 is 0. The maximum atomic E-state index is 12.7. The second-order valence-electron chi connectivity index (χ2n) is 8.31. The van der Waals surface area contributed by atoms with E-state index in [2.05, 4.69) is 46.0 Å². The first kappa shape index (κ1) is 18.0. The number of carbonyl (C=O) groups excluding carboxylic acids is 1. The van der Waals surface area contributed by atoms with E-state index in [1.807, 2.05) is 19.1 Å². The number of nitrogens with one attached hydrogen (secondary N) is 2. The van der Waals surface area contributed by atoms with Crippen LogP contribution >= 0.6 is 0 Å². The molecular formula is C24H26N4O. The summed E-state index contributed by atoms with van der Waals surface area (Å²) in [6.07, 6.45) is 5.79. The van der Waals surface area contributed by atoms with Crippen molar-refractivity contribution in [1.82, 2.24) is 14.9 Å². The van der Waals surface area contributed by atoms with Gasteiger partial charge in [-0.15, -0.1) is 6.58 Å². The van der Waals surface area contributed by atoms with Crippen LogP contribution in [0.5, 0.6) is 0 Å². The maximum Gasteiger partial charge on any atom is 0.251 e. The maximum absolute atomic E-state index is 12.7. The molecule has 3 aromatic rings. The number of aromatic nitrogens is 2. The van der Waals surface area contributed by atoms with Crippen molar-refractivity contribution in [3.63, 3.8) is 0 Å². The summed E-state index contributed by atoms with van der Waals surface area (Å²) in [6.45, 7) is 6.57. The van der Waals surface area contributed by atoms with Crippen molar-refractivity contribution in [1.29, 1.82) is 0 Å². The SMILES string of the molecule is C=CCn1c(C)nc2c3c(c(C(=O)NC)cc21)CCC1(Cc2ccccc2C1)N3. The molecule has 0 saturated carbocycles. The molecule has 0 fully saturated rings. The normalized spacial score (nSPS) is 16.3. The molecule has 5 heteroatoms. The van der Waals surface area contributed by atoms with E-state index in [0.717, 1.165) is 59.4 Å². The van der Waals surface area contributed by atoms with Gasteiger partial charge in [0, 0.05) is 24.7 Å². The van der Waals surface area contributed by atoms with E-state index in [9.17, 15) is 4.79 Å². The Morgan fingerprint density at radius 2 is 2.07 bits per heavy atom. The minimum absolute atomic E-state index is 0.00104. The van der Waals surface area contributed by atoms with E-state index >= 15 is 0 Å². The predicted octanol–water partition coefficient (Wildman–Crippen LogP) is 3.79. The Hall–Kier alpha value is -3.08. The van der Waals surface area contributed by atoms with E-state index in [1.54, 1.807) is 7.05 Å². The molecule has 2 heterocycles. The van der Waals surface area contributed by atoms with Crippen LogP contribution in [0, 0.1) is 6.92 Å². The van der Waals surface area contributed by atoms with Crippen LogP contribution in [0.3, 0.4) is 0 Å². The van der Waals surface area contributed by atoms with Crippen LogP contribution in [0.25, 0.3) is 11.0 Å². The molecule has 5 nitrogen and oxygen atoms in total. The quantitative estimate of drug-likeness (QED) is 0.674. The summed E-state index contributed by atoms with van der Waals surface area (Å²) in [6, 6.07) is 10.7. The predicted molar refractivity (Wildman–Crippen MR) is 117 cm³/mol. The lowest BCUT2D eigenvalue weighted by molar-refractivity contribution is 0.0962. The van der Waals surface area contributed by atoms with Crippen LogP contribution in [0.4, 0.5) is 5.69 Å². The van der Waals surface area contributed by atoms with Crippen LogP contribution in [-0.2, 0) is 25.8 Å². The van der Waals surface area contributed by atoms with Crippen molar-refractivity contribution in [2.75, 3.05) is 12.4 Å². The van der Waals surface area contributed by atoms with E-state index in [-0.39, 0.29) is 11.4 Å². The van der Waals surface area contributed by atoms with Crippen molar-refractivity contribution in [2.45, 2.75) is 44.7 Å². The molecule has 0 unspecified atom stereocenters. The van der Waals surface area contributed by atoms with Crippen molar-refractivity contribution in [2.24, 2.45) is 0 Å². The summed E-state index contributed by atoms with van der Waals surface area (Å²) in [4.78, 5) is 17.6. The van der Waals surface area contributed by atoms with Crippen LogP contribution in [0.1, 0.15) is 39.3 Å². The number of carbonyl (C=O) groups is 1. The number of aryl methyl sites for hydroxylation is 1. The highest BCUT2D eigenvalue weighted by Gasteiger charge is 2.41. The van der Waals surface area contributed by atoms with Crippen molar-refractivity contribution >= 4 is 22.6 Å². The van der Waals surface area contributed by atoms with Crippen molar-refractivity contribution in [3.05, 3.63) is 71.1 Å². The molecule has 1 amide bonds. The lowest BCUT2D eigenvalue weighted by Gasteiger charge is -2.38. The molecule has 2 aromatic carbocycles. The van der Waals surface area contributed by atoms with Crippen molar-refractivity contribution in [3.8, 4) is 0 Å². The molecular weight excluding hydrogens is 360 g/mol. The topological polar surface area (TPSA) is 59.0 Å². The van der Waals surface area contributed by atoms with E-state index in [4.69, 9.17) is 4.98 Å². The molecule has 0 atom stereocenters. The summed E-state index contributed by atoms with van der Waals surface area (Å²) in [7, 11) is 1.69. The third kappa shape index (κ3) is 2.68. The highest BCUT2D eigenvalue weighted by atomic mass is 16.1. The second-order valence-corrected chi connectivity index (χ2v) is 8.31. The molecule has 1 aromatic heterocycles. The van der Waals surface area contributed by atoms with Crippen LogP contribution in [-0.4, -0.2) is 28.0 Å². The first-order chi connectivity index (χ1) is 14.0. The number of anilines is 1. The van der Waals surface area contributed by atoms with Gasteiger partial charge in [-0.1, -0.05) is 30.3 Å². The van der Waals surface area contributed by atoms with Gasteiger partial charge in [-0.3, -0.25) is 4.79 Å². The van der Waals surface area contributed by atoms with Gasteiger partial charge in [0.05, 0.1) is 11.2 Å². The van der Waals surface area contributed by atoms with Gasteiger partial charge >= 0.3 is 0 Å². The Balaban J connectivity index is 1.68. The van der Waals surface area contributed by atoms with Gasteiger partial charge in [-0.05, 0) is 55.4 Å². The fourth-order valence-electron chi connectivity index (χ4n) is 5.16. The van der Waals surface area contributed by atoms with Crippen LogP contribution in [0.15, 0.2) is 43.0 Å². The van der Waals surface area contributed by atoms with Crippen molar-refractivity contribution < 1.29 is 4.79 Å². The summed E-state index contributed by atoms with van der Waals surface area (Å²) in [5.74, 6) is 0.895. The number of fused-ring (bicyclic) bond motifs is 4. The number of nitrogens with zero attached hydrogens (tertiary/aromatic N) is 2. The van der Waals surface area contributed by atoms with Gasteiger partial charge in [0.2, 0.25) is 0 Å². The van der Waals surface area contributed by atoms with Gasteiger partial charge in [-0.25, -0.2) is 4.98 Å². The molecule has 0 radical (unpaired) electrons. The highest BCUT2D eigenvalue weighted by molar-refractivity contribution is 6.04. The number of allylic oxidation sites excluding steroid dienone is 1. The largest absolute Gasteiger partial charge is 0.377 e. The Kier molecular flexibility index (Phi) is 4.02. The van der Waals surface area contributed by atoms with Gasteiger partial charge < -0.3 is 15.2 Å². The van der Waals surface area contributed by atoms with E-state index in [0.29, 0.717) is 6.54 Å². The van der Waals surface area contributed by atoms with E-state index in [1.165, 1.54) is 11.1 Å². The van der Waals surface area contributed by atoms with Gasteiger partial charge in [-0.2, -0.15) is 0 Å². The molecule has 2 N–H and O–H groups in total. The van der Waals surface area contributed by atoms with Gasteiger partial charge in [0.15, 0.2) is 0 Å². The smallest absolute Gasteiger partial charge is 0.251 e. The number of hydrogen-bond acceptors (Lipinski definition) is 3. The minimum Gasteiger partial charge on any atom is -0.377 e. The number of rotatable bonds is 3. The first-order valence-electron chi connectivity index (χ1n) is 10.3. The van der Waals surface area contributed by atoms with Gasteiger partial charge in [0.1, 0.15) is 11.3 Å². The highest BCUT2D eigenvalue weighted by Crippen LogP contribution is 2.44. The molecule has 2 aliphatic rings. The molecule has 29 heavy (non-hydrogen) atoms. The zero-order valence-electron chi connectivity index (χ0n) is 17.0. The minimum atomic E-state index is -0.0420. The Bertz CT molecular complexity index is 1130. The average molecular weight is 386 g/mol. The summed E-state index contributed by atoms with van der Waals surface area (Å²) in [5, 5.41) is 6.70. The summed E-state index contributed by atoms with van der Waals surface area (Å²) in [5.41, 5.74) is 7.67. The Labute approximate surface area is 170 Å². The number of hydrogen-bond donors (Lipinski definition) is 2. The second kappa shape index (κ2) is 6.48. The fourth-order valence-corrected chi connectivity index (χ4v) is 5.16. The molecule has 1 aliphatic heterocycles. The molecule has 5 rings (SSSR count). The Morgan fingerprint density at radius 1 is 1.34 bits per heavy atom. The number of imidazole rings is 1. The van der Waals surface area contributed by atoms with E-state index < -0.39 is 0 Å². The van der Waals surface area contributed by atoms with Crippen LogP contribution in [0.2, 0.25) is 0 Å². The lowest BCUT2D eigenvalue weighted by Crippen LogP contribution is -2.43. The molecule has 1 spiro atoms. The Morgan fingerprint density at radius 3 is 2.72 bits per heavy atom. The van der Waals surface area contributed by atoms with Crippen LogP contribution < -0.4 is 10.6 Å². The number of amides is 1. The van der Waals surface area contributed by atoms with Gasteiger partial charge in [0.25, 0.3) is 5.91 Å². The molecule has 0 bridgehead atoms. The number of benzene rings is 2. The zero-order chi connectivity index (χ0) is 20.2. The fraction of sp³-hybridized carbons (Fsp3) is 0.333. The monoisotopic (exact) mass is 386 g/mol. The molecule has 148 valence electrons. The molecule has 0 saturated heterocycles. The zero-order valence-corrected chi connectivity index (χ0v) is 17.0.